The van der Waals surface area contributed by atoms with Gasteiger partial charge in [0.2, 0.25) is 0 Å². The molecule has 1 unspecified atom stereocenters. The van der Waals surface area contributed by atoms with Gasteiger partial charge in [0.15, 0.2) is 5.41 Å². The molecule has 1 rings (SSSR count). The molecule has 1 atom stereocenters. The van der Waals surface area contributed by atoms with Gasteiger partial charge in [0.05, 0.1) is 12.1 Å². The molecule has 0 aliphatic heterocycles. The van der Waals surface area contributed by atoms with Gasteiger partial charge in [-0.2, -0.15) is 10.5 Å². The van der Waals surface area contributed by atoms with E-state index in [9.17, 15) is 4.79 Å². The van der Waals surface area contributed by atoms with Crippen LogP contribution in [-0.4, -0.2) is 6.29 Å². The minimum atomic E-state index is -1.00. The maximum absolute atomic E-state index is 10.8. The summed E-state index contributed by atoms with van der Waals surface area (Å²) in [7, 11) is 0. The second kappa shape index (κ2) is 3.64. The molecule has 0 fully saturated rings. The number of carbonyl (C=O) groups excluding carboxylic acids is 1. The molecule has 1 aliphatic rings. The number of carbonyl (C=O) groups is 1. The highest BCUT2D eigenvalue weighted by molar-refractivity contribution is 5.77. The number of nitrogens with zero attached hydrogens (tertiary/aromatic N) is 2. The molecule has 3 heteroatoms. The van der Waals surface area contributed by atoms with Gasteiger partial charge >= 0.3 is 0 Å². The van der Waals surface area contributed by atoms with E-state index in [1.54, 1.807) is 0 Å². The Morgan fingerprint density at radius 1 is 1.57 bits per heavy atom. The van der Waals surface area contributed by atoms with Crippen molar-refractivity contribution in [1.29, 1.82) is 10.5 Å². The highest BCUT2D eigenvalue weighted by Crippen LogP contribution is 2.46. The van der Waals surface area contributed by atoms with E-state index < -0.39 is 5.41 Å². The van der Waals surface area contributed by atoms with Gasteiger partial charge in [0.1, 0.15) is 6.29 Å². The van der Waals surface area contributed by atoms with E-state index in [2.05, 4.69) is 12.1 Å². The summed E-state index contributed by atoms with van der Waals surface area (Å²) in [5.41, 5.74) is 0.528. The van der Waals surface area contributed by atoms with E-state index in [1.165, 1.54) is 0 Å². The normalized spacial score (nSPS) is 24.1. The molecular weight excluding hydrogens is 176 g/mol. The van der Waals surface area contributed by atoms with Crippen LogP contribution in [0.25, 0.3) is 0 Å². The van der Waals surface area contributed by atoms with Gasteiger partial charge in [-0.15, -0.1) is 0 Å². The van der Waals surface area contributed by atoms with E-state index in [4.69, 9.17) is 10.5 Å². The van der Waals surface area contributed by atoms with Gasteiger partial charge in [-0.05, 0) is 18.9 Å². The van der Waals surface area contributed by atoms with Crippen LogP contribution in [0.1, 0.15) is 26.7 Å². The highest BCUT2D eigenvalue weighted by Gasteiger charge is 2.46. The van der Waals surface area contributed by atoms with Crippen molar-refractivity contribution in [2.45, 2.75) is 26.7 Å². The van der Waals surface area contributed by atoms with Gasteiger partial charge in [-0.1, -0.05) is 12.5 Å². The Morgan fingerprint density at radius 3 is 2.50 bits per heavy atom. The van der Waals surface area contributed by atoms with Crippen molar-refractivity contribution in [2.24, 2.45) is 11.3 Å². The molecule has 0 saturated heterocycles. The van der Waals surface area contributed by atoms with Crippen LogP contribution in [0.2, 0.25) is 0 Å². The van der Waals surface area contributed by atoms with E-state index in [0.29, 0.717) is 18.4 Å². The number of rotatable bonds is 2. The van der Waals surface area contributed by atoms with Crippen molar-refractivity contribution in [3.05, 3.63) is 11.1 Å². The summed E-state index contributed by atoms with van der Waals surface area (Å²) in [6.07, 6.45) is 1.86. The summed E-state index contributed by atoms with van der Waals surface area (Å²) in [6, 6.07) is 4.12. The lowest BCUT2D eigenvalue weighted by Gasteiger charge is -2.20. The zero-order valence-corrected chi connectivity index (χ0v) is 8.37. The third kappa shape index (κ3) is 1.22. The van der Waals surface area contributed by atoms with Crippen molar-refractivity contribution in [2.75, 3.05) is 0 Å². The average molecular weight is 188 g/mol. The molecule has 0 radical (unpaired) electrons. The summed E-state index contributed by atoms with van der Waals surface area (Å²) >= 11 is 0. The van der Waals surface area contributed by atoms with Crippen LogP contribution >= 0.6 is 0 Å². The fourth-order valence-corrected chi connectivity index (χ4v) is 2.22. The highest BCUT2D eigenvalue weighted by atomic mass is 16.1. The van der Waals surface area contributed by atoms with Gasteiger partial charge in [-0.3, -0.25) is 4.79 Å². The Labute approximate surface area is 83.6 Å². The molecule has 0 aromatic heterocycles. The lowest BCUT2D eigenvalue weighted by atomic mass is 9.76. The summed E-state index contributed by atoms with van der Waals surface area (Å²) in [5, 5.41) is 18.1. The second-order valence-electron chi connectivity index (χ2n) is 3.69. The van der Waals surface area contributed by atoms with Crippen molar-refractivity contribution in [3.63, 3.8) is 0 Å². The van der Waals surface area contributed by atoms with Crippen molar-refractivity contribution in [1.82, 2.24) is 0 Å². The Hall–Kier alpha value is -1.61. The monoisotopic (exact) mass is 188 g/mol. The summed E-state index contributed by atoms with van der Waals surface area (Å²) in [4.78, 5) is 10.8. The molecule has 0 N–H and O–H groups in total. The van der Waals surface area contributed by atoms with Crippen LogP contribution in [0, 0.1) is 34.0 Å². The first kappa shape index (κ1) is 10.5. The maximum Gasteiger partial charge on any atom is 0.154 e. The number of nitriles is 2. The second-order valence-corrected chi connectivity index (χ2v) is 3.69. The number of hydrogen-bond donors (Lipinski definition) is 0. The summed E-state index contributed by atoms with van der Waals surface area (Å²) < 4.78 is 0. The molecule has 0 spiro atoms. The van der Waals surface area contributed by atoms with Gasteiger partial charge < -0.3 is 0 Å². The van der Waals surface area contributed by atoms with Crippen LogP contribution in [0.5, 0.6) is 0 Å². The van der Waals surface area contributed by atoms with Gasteiger partial charge in [-0.25, -0.2) is 0 Å². The smallest absolute Gasteiger partial charge is 0.154 e. The molecule has 1 aliphatic carbocycles. The SMILES string of the molecule is CCC1C(C=O)=C(C)CC1(C#N)C#N. The largest absolute Gasteiger partial charge is 0.298 e. The summed E-state index contributed by atoms with van der Waals surface area (Å²) in [6.45, 7) is 3.72. The molecular formula is C11H12N2O. The van der Waals surface area contributed by atoms with Crippen LogP contribution < -0.4 is 0 Å². The van der Waals surface area contributed by atoms with Gasteiger partial charge in [0, 0.05) is 12.3 Å². The Bertz CT molecular complexity index is 354. The fourth-order valence-electron chi connectivity index (χ4n) is 2.22. The molecule has 0 aromatic carbocycles. The first-order valence-corrected chi connectivity index (χ1v) is 4.62. The van der Waals surface area contributed by atoms with E-state index >= 15 is 0 Å². The average Bonchev–Trinajstić information content (AvgIpc) is 2.50. The summed E-state index contributed by atoms with van der Waals surface area (Å²) in [5.74, 6) is -0.213. The van der Waals surface area contributed by atoms with Crippen LogP contribution in [0.15, 0.2) is 11.1 Å². The Morgan fingerprint density at radius 2 is 2.14 bits per heavy atom. The van der Waals surface area contributed by atoms with Crippen LogP contribution in [0.4, 0.5) is 0 Å². The van der Waals surface area contributed by atoms with Crippen LogP contribution in [0.3, 0.4) is 0 Å². The molecule has 0 aromatic rings. The first-order valence-electron chi connectivity index (χ1n) is 4.62. The molecule has 0 bridgehead atoms. The van der Waals surface area contributed by atoms with Crippen molar-refractivity contribution < 1.29 is 4.79 Å². The zero-order valence-electron chi connectivity index (χ0n) is 8.37. The minimum absolute atomic E-state index is 0.213. The third-order valence-corrected chi connectivity index (χ3v) is 2.94. The molecule has 0 heterocycles. The predicted molar refractivity (Wildman–Crippen MR) is 50.8 cm³/mol. The number of allylic oxidation sites excluding steroid dienone is 2. The Kier molecular flexibility index (Phi) is 2.72. The topological polar surface area (TPSA) is 64.7 Å². The molecule has 0 amide bonds. The lowest BCUT2D eigenvalue weighted by Crippen LogP contribution is -2.23. The maximum atomic E-state index is 10.8. The molecule has 72 valence electrons. The molecule has 14 heavy (non-hydrogen) atoms. The molecule has 0 saturated carbocycles. The number of hydrogen-bond acceptors (Lipinski definition) is 3. The molecule has 3 nitrogen and oxygen atoms in total. The van der Waals surface area contributed by atoms with Crippen molar-refractivity contribution in [3.8, 4) is 12.1 Å². The lowest BCUT2D eigenvalue weighted by molar-refractivity contribution is -0.105. The van der Waals surface area contributed by atoms with Crippen molar-refractivity contribution >= 4 is 6.29 Å². The fraction of sp³-hybridized carbons (Fsp3) is 0.545. The third-order valence-electron chi connectivity index (χ3n) is 2.94. The van der Waals surface area contributed by atoms with E-state index in [1.807, 2.05) is 13.8 Å². The number of aldehydes is 1. The van der Waals surface area contributed by atoms with E-state index in [-0.39, 0.29) is 5.92 Å². The van der Waals surface area contributed by atoms with Gasteiger partial charge in [0.25, 0.3) is 0 Å². The predicted octanol–water partition coefficient (Wildman–Crippen LogP) is 1.97. The quantitative estimate of drug-likeness (QED) is 0.622. The standard InChI is InChI=1S/C11H12N2O/c1-3-10-9(5-14)8(2)4-11(10,6-12)7-13/h5,10H,3-4H2,1-2H3. The zero-order chi connectivity index (χ0) is 10.8. The first-order chi connectivity index (χ1) is 6.65. The minimum Gasteiger partial charge on any atom is -0.298 e. The van der Waals surface area contributed by atoms with E-state index in [0.717, 1.165) is 11.9 Å². The van der Waals surface area contributed by atoms with Crippen LogP contribution in [-0.2, 0) is 4.79 Å². The Balaban J connectivity index is 3.20.